The Balaban J connectivity index is 2.75. The van der Waals surface area contributed by atoms with Crippen molar-refractivity contribution in [3.63, 3.8) is 0 Å². The van der Waals surface area contributed by atoms with Crippen LogP contribution in [0.25, 0.3) is 0 Å². The van der Waals surface area contributed by atoms with E-state index in [0.717, 1.165) is 21.3 Å². The quantitative estimate of drug-likeness (QED) is 0.303. The van der Waals surface area contributed by atoms with Crippen molar-refractivity contribution in [3.05, 3.63) is 42.0 Å². The zero-order valence-electron chi connectivity index (χ0n) is 18.3. The van der Waals surface area contributed by atoms with Gasteiger partial charge in [-0.15, -0.1) is 0 Å². The standard InChI is InChI=1S/C21H33GeNO5S/c1-8-22(9-2,10-3)21(27-7)17(6)19(20(24)28-11-4)23(21)29(25,26)18-14-12-16(5)13-15-18/h12-15,19H,6,8-11H2,1-5,7H3/t19-,21?/m0/s1. The van der Waals surface area contributed by atoms with Gasteiger partial charge in [0.15, 0.2) is 0 Å². The Labute approximate surface area is 177 Å². The van der Waals surface area contributed by atoms with Gasteiger partial charge in [0.25, 0.3) is 0 Å². The molecule has 2 rings (SSSR count). The number of methoxy groups -OCH3 is 1. The summed E-state index contributed by atoms with van der Waals surface area (Å²) in [6.45, 7) is 14.2. The van der Waals surface area contributed by atoms with Crippen LogP contribution in [0.5, 0.6) is 0 Å². The molecule has 1 saturated heterocycles. The fourth-order valence-electron chi connectivity index (χ4n) is 4.66. The van der Waals surface area contributed by atoms with Crippen molar-refractivity contribution in [2.75, 3.05) is 13.7 Å². The predicted molar refractivity (Wildman–Crippen MR) is 117 cm³/mol. The first kappa shape index (κ1) is 24.1. The number of esters is 1. The van der Waals surface area contributed by atoms with Crippen LogP contribution < -0.4 is 0 Å². The Morgan fingerprint density at radius 3 is 2.07 bits per heavy atom. The molecule has 1 fully saturated rings. The molecule has 1 aromatic carbocycles. The molecule has 0 saturated carbocycles. The molecule has 1 aliphatic rings. The van der Waals surface area contributed by atoms with Gasteiger partial charge in [-0.2, -0.15) is 0 Å². The van der Waals surface area contributed by atoms with Crippen molar-refractivity contribution >= 4 is 29.3 Å². The van der Waals surface area contributed by atoms with Gasteiger partial charge in [-0.25, -0.2) is 0 Å². The van der Waals surface area contributed by atoms with E-state index in [9.17, 15) is 13.2 Å². The zero-order chi connectivity index (χ0) is 22.0. The summed E-state index contributed by atoms with van der Waals surface area (Å²) >= 11 is -3.00. The van der Waals surface area contributed by atoms with Gasteiger partial charge in [0.1, 0.15) is 0 Å². The minimum absolute atomic E-state index is 0.144. The van der Waals surface area contributed by atoms with Crippen LogP contribution in [-0.2, 0) is 24.3 Å². The second-order valence-electron chi connectivity index (χ2n) is 7.48. The molecule has 6 nitrogen and oxygen atoms in total. The van der Waals surface area contributed by atoms with Gasteiger partial charge in [-0.1, -0.05) is 0 Å². The van der Waals surface area contributed by atoms with Crippen LogP contribution in [0.3, 0.4) is 0 Å². The van der Waals surface area contributed by atoms with Crippen LogP contribution >= 0.6 is 0 Å². The Morgan fingerprint density at radius 2 is 1.66 bits per heavy atom. The van der Waals surface area contributed by atoms with Crippen molar-refractivity contribution < 1.29 is 22.7 Å². The van der Waals surface area contributed by atoms with E-state index in [1.165, 1.54) is 11.4 Å². The molecule has 1 aliphatic heterocycles. The maximum absolute atomic E-state index is 13.8. The summed E-state index contributed by atoms with van der Waals surface area (Å²) in [6.07, 6.45) is 0. The average Bonchev–Trinajstić information content (AvgIpc) is 2.70. The molecule has 1 unspecified atom stereocenters. The van der Waals surface area contributed by atoms with E-state index in [2.05, 4.69) is 27.4 Å². The van der Waals surface area contributed by atoms with E-state index < -0.39 is 39.9 Å². The van der Waals surface area contributed by atoms with Crippen LogP contribution in [0.4, 0.5) is 0 Å². The molecule has 0 aromatic heterocycles. The molecule has 0 N–H and O–H groups in total. The Morgan fingerprint density at radius 1 is 1.14 bits per heavy atom. The van der Waals surface area contributed by atoms with Gasteiger partial charge in [-0.3, -0.25) is 0 Å². The number of hydrogen-bond acceptors (Lipinski definition) is 5. The number of carbonyl (C=O) groups is 1. The third-order valence-electron chi connectivity index (χ3n) is 6.44. The molecule has 162 valence electrons. The normalized spacial score (nSPS) is 23.0. The molecule has 0 amide bonds. The first-order valence-electron chi connectivity index (χ1n) is 10.2. The maximum atomic E-state index is 13.8. The molecule has 0 aliphatic carbocycles. The molecular weight excluding hydrogens is 451 g/mol. The average molecular weight is 484 g/mol. The van der Waals surface area contributed by atoms with Crippen LogP contribution in [0.1, 0.15) is 33.3 Å². The molecule has 0 radical (unpaired) electrons. The molecule has 8 heteroatoms. The summed E-state index contributed by atoms with van der Waals surface area (Å²) in [5.74, 6) is -0.597. The van der Waals surface area contributed by atoms with E-state index in [0.29, 0.717) is 5.57 Å². The van der Waals surface area contributed by atoms with E-state index in [4.69, 9.17) is 9.47 Å². The molecule has 2 atom stereocenters. The number of hydrogen-bond donors (Lipinski definition) is 0. The topological polar surface area (TPSA) is 72.9 Å². The van der Waals surface area contributed by atoms with Gasteiger partial charge in [0.05, 0.1) is 0 Å². The van der Waals surface area contributed by atoms with Crippen LogP contribution in [-0.4, -0.2) is 56.3 Å². The van der Waals surface area contributed by atoms with Crippen LogP contribution in [0.2, 0.25) is 15.8 Å². The number of carbonyl (C=O) groups excluding carboxylic acids is 1. The number of nitrogens with zero attached hydrogens (tertiary/aromatic N) is 1. The fraction of sp³-hybridized carbons (Fsp3) is 0.571. The Bertz CT molecular complexity index is 855. The van der Waals surface area contributed by atoms with Gasteiger partial charge in [0, 0.05) is 0 Å². The second-order valence-corrected chi connectivity index (χ2v) is 20.5. The van der Waals surface area contributed by atoms with E-state index >= 15 is 0 Å². The minimum atomic E-state index is -4.00. The number of sulfonamides is 1. The fourth-order valence-corrected chi connectivity index (χ4v) is 18.2. The molecular formula is C21H33GeNO5S. The van der Waals surface area contributed by atoms with Crippen molar-refractivity contribution in [2.24, 2.45) is 0 Å². The van der Waals surface area contributed by atoms with Crippen molar-refractivity contribution in [1.82, 2.24) is 4.31 Å². The van der Waals surface area contributed by atoms with Crippen molar-refractivity contribution in [2.45, 2.75) is 65.9 Å². The first-order valence-corrected chi connectivity index (χ1v) is 17.1. The first-order chi connectivity index (χ1) is 13.6. The molecule has 1 aromatic rings. The molecule has 0 spiro atoms. The summed E-state index contributed by atoms with van der Waals surface area (Å²) < 4.78 is 39.0. The van der Waals surface area contributed by atoms with E-state index in [1.54, 1.807) is 31.2 Å². The Hall–Kier alpha value is -1.16. The Kier molecular flexibility index (Phi) is 7.41. The van der Waals surface area contributed by atoms with Crippen molar-refractivity contribution in [3.8, 4) is 0 Å². The third-order valence-corrected chi connectivity index (χ3v) is 21.8. The number of benzene rings is 1. The summed E-state index contributed by atoms with van der Waals surface area (Å²) in [6, 6.07) is 5.60. The van der Waals surface area contributed by atoms with Crippen LogP contribution in [0.15, 0.2) is 41.3 Å². The summed E-state index contributed by atoms with van der Waals surface area (Å²) in [4.78, 5) is 12.9. The summed E-state index contributed by atoms with van der Waals surface area (Å²) in [7, 11) is -2.47. The molecule has 1 heterocycles. The molecule has 0 bridgehead atoms. The van der Waals surface area contributed by atoms with Gasteiger partial charge >= 0.3 is 178 Å². The van der Waals surface area contributed by atoms with Gasteiger partial charge in [0.2, 0.25) is 0 Å². The third kappa shape index (κ3) is 3.50. The second kappa shape index (κ2) is 8.92. The van der Waals surface area contributed by atoms with E-state index in [1.807, 2.05) is 6.92 Å². The molecule has 29 heavy (non-hydrogen) atoms. The van der Waals surface area contributed by atoms with Gasteiger partial charge < -0.3 is 0 Å². The van der Waals surface area contributed by atoms with Crippen LogP contribution in [0, 0.1) is 6.92 Å². The van der Waals surface area contributed by atoms with Crippen molar-refractivity contribution in [1.29, 1.82) is 0 Å². The SMILES string of the molecule is C=C1[C@@H](C(=O)OCC)N(S(=O)(=O)c2ccc(C)cc2)[C]1(OC)[Ge]([CH2]C)([CH2]C)[CH2]C. The predicted octanol–water partition coefficient (Wildman–Crippen LogP) is 3.88. The summed E-state index contributed by atoms with van der Waals surface area (Å²) in [5, 5.41) is 2.57. The zero-order valence-corrected chi connectivity index (χ0v) is 21.2. The summed E-state index contributed by atoms with van der Waals surface area (Å²) in [5.41, 5.74) is 1.47. The number of aryl methyl sites for hydroxylation is 1. The number of rotatable bonds is 9. The monoisotopic (exact) mass is 485 g/mol. The van der Waals surface area contributed by atoms with Gasteiger partial charge in [-0.05, 0) is 0 Å². The van der Waals surface area contributed by atoms with E-state index in [-0.39, 0.29) is 11.5 Å². The number of ether oxygens (including phenoxy) is 2.